The van der Waals surface area contributed by atoms with Gasteiger partial charge in [-0.2, -0.15) is 4.98 Å². The Labute approximate surface area is 334 Å². The molecule has 0 unspecified atom stereocenters. The van der Waals surface area contributed by atoms with Crippen molar-refractivity contribution < 1.29 is 18.9 Å². The molecular weight excluding hydrogens is 749 g/mol. The number of nitrogens with one attached hydrogen (secondary N) is 3. The first-order valence-corrected chi connectivity index (χ1v) is 22.3. The van der Waals surface area contributed by atoms with E-state index in [0.29, 0.717) is 53.8 Å². The number of benzene rings is 3. The Balaban J connectivity index is 0.868. The van der Waals surface area contributed by atoms with Gasteiger partial charge in [0.15, 0.2) is 5.82 Å². The van der Waals surface area contributed by atoms with E-state index < -0.39 is 7.14 Å². The number of imide groups is 1. The van der Waals surface area contributed by atoms with Gasteiger partial charge in [-0.25, -0.2) is 9.78 Å². The minimum absolute atomic E-state index is 0.203. The first-order valence-electron chi connectivity index (χ1n) is 19.3. The molecule has 4 heterocycles. The van der Waals surface area contributed by atoms with E-state index in [4.69, 9.17) is 16.3 Å². The summed E-state index contributed by atoms with van der Waals surface area (Å²) in [6.07, 6.45) is 5.13. The maximum Gasteiger partial charge on any atom is 0.324 e. The summed E-state index contributed by atoms with van der Waals surface area (Å²) in [6, 6.07) is 22.4. The molecule has 4 aromatic rings. The van der Waals surface area contributed by atoms with Gasteiger partial charge in [-0.15, -0.1) is 0 Å². The average molecular weight is 800 g/mol. The molecule has 56 heavy (non-hydrogen) atoms. The molecule has 13 nitrogen and oxygen atoms in total. The highest BCUT2D eigenvalue weighted by molar-refractivity contribution is 7.70. The molecule has 3 saturated heterocycles. The summed E-state index contributed by atoms with van der Waals surface area (Å²) in [5, 5.41) is 10.0. The summed E-state index contributed by atoms with van der Waals surface area (Å²) >= 11 is 6.48. The molecule has 0 bridgehead atoms. The van der Waals surface area contributed by atoms with Crippen molar-refractivity contribution in [3.8, 4) is 5.75 Å². The molecule has 7 rings (SSSR count). The fourth-order valence-corrected chi connectivity index (χ4v) is 9.00. The molecule has 3 aliphatic rings. The third-order valence-electron chi connectivity index (χ3n) is 10.9. The second-order valence-corrected chi connectivity index (χ2v) is 18.7. The molecule has 15 heteroatoms. The van der Waals surface area contributed by atoms with Gasteiger partial charge < -0.3 is 34.6 Å². The highest BCUT2D eigenvalue weighted by Gasteiger charge is 2.28. The second kappa shape index (κ2) is 17.6. The number of aromatic nitrogens is 2. The van der Waals surface area contributed by atoms with Crippen molar-refractivity contribution in [2.45, 2.75) is 38.3 Å². The standard InChI is InChI=1S/C41H51ClN9O4P/c1-55-36-26-32(12-13-34(36)45-40-43-27-33(42)39(47-40)44-35-6-4-5-7-37(35)56(2,3)54)49-19-15-31(16-20-49)50-24-22-48(23-25-50)18-14-29-8-10-30(11-9-29)28-51-21-17-38(52)46-41(51)53/h4-13,26-27,31H,14-25,28H2,1-3H3,(H,46,52,53)(H2,43,44,45,47). The Morgan fingerprint density at radius 3 is 2.34 bits per heavy atom. The number of anilines is 5. The fourth-order valence-electron chi connectivity index (χ4n) is 7.70. The van der Waals surface area contributed by atoms with E-state index in [2.05, 4.69) is 77.0 Å². The molecule has 296 valence electrons. The van der Waals surface area contributed by atoms with Crippen molar-refractivity contribution in [2.75, 3.05) is 88.3 Å². The zero-order valence-corrected chi connectivity index (χ0v) is 34.0. The molecule has 1 aromatic heterocycles. The fraction of sp³-hybridized carbons (Fsp3) is 0.415. The summed E-state index contributed by atoms with van der Waals surface area (Å²) in [7, 11) is -0.872. The number of carbonyl (C=O) groups excluding carboxylic acids is 2. The summed E-state index contributed by atoms with van der Waals surface area (Å²) < 4.78 is 18.7. The molecule has 3 fully saturated rings. The molecule has 0 spiro atoms. The zero-order valence-electron chi connectivity index (χ0n) is 32.3. The number of rotatable bonds is 13. The predicted molar refractivity (Wildman–Crippen MR) is 224 cm³/mol. The number of piperazine rings is 1. The number of halogens is 1. The number of hydrogen-bond acceptors (Lipinski definition) is 11. The van der Waals surface area contributed by atoms with Gasteiger partial charge in [0.05, 0.1) is 24.7 Å². The van der Waals surface area contributed by atoms with E-state index in [1.165, 1.54) is 5.56 Å². The van der Waals surface area contributed by atoms with Crippen molar-refractivity contribution in [1.29, 1.82) is 0 Å². The van der Waals surface area contributed by atoms with Crippen LogP contribution in [-0.2, 0) is 22.3 Å². The molecule has 3 amide bonds. The van der Waals surface area contributed by atoms with Crippen LogP contribution in [0.15, 0.2) is 72.9 Å². The number of piperidine rings is 1. The lowest BCUT2D eigenvalue weighted by Crippen LogP contribution is -2.53. The molecule has 0 radical (unpaired) electrons. The van der Waals surface area contributed by atoms with Gasteiger partial charge in [0.1, 0.15) is 17.9 Å². The van der Waals surface area contributed by atoms with E-state index in [1.807, 2.05) is 30.3 Å². The molecule has 0 atom stereocenters. The van der Waals surface area contributed by atoms with Crippen LogP contribution in [0, 0.1) is 0 Å². The number of amides is 3. The lowest BCUT2D eigenvalue weighted by molar-refractivity contribution is -0.121. The van der Waals surface area contributed by atoms with Gasteiger partial charge in [0.2, 0.25) is 11.9 Å². The van der Waals surface area contributed by atoms with Gasteiger partial charge in [-0.05, 0) is 68.0 Å². The van der Waals surface area contributed by atoms with Gasteiger partial charge >= 0.3 is 6.03 Å². The Bertz CT molecular complexity index is 2060. The van der Waals surface area contributed by atoms with Crippen molar-refractivity contribution in [1.82, 2.24) is 30.0 Å². The normalized spacial score (nSPS) is 17.5. The van der Waals surface area contributed by atoms with Crippen LogP contribution >= 0.6 is 18.7 Å². The van der Waals surface area contributed by atoms with Crippen LogP contribution in [0.5, 0.6) is 5.75 Å². The molecule has 3 aromatic carbocycles. The summed E-state index contributed by atoms with van der Waals surface area (Å²) in [5.41, 5.74) is 4.93. The van der Waals surface area contributed by atoms with Crippen LogP contribution in [0.4, 0.5) is 33.6 Å². The highest BCUT2D eigenvalue weighted by Crippen LogP contribution is 2.39. The third kappa shape index (κ3) is 9.81. The Morgan fingerprint density at radius 2 is 1.62 bits per heavy atom. The van der Waals surface area contributed by atoms with E-state index >= 15 is 0 Å². The number of urea groups is 1. The maximum absolute atomic E-state index is 12.9. The number of hydrogen-bond donors (Lipinski definition) is 3. The van der Waals surface area contributed by atoms with E-state index in [0.717, 1.165) is 87.3 Å². The van der Waals surface area contributed by atoms with Crippen molar-refractivity contribution in [3.05, 3.63) is 89.1 Å². The number of methoxy groups -OCH3 is 1. The number of para-hydroxylation sites is 1. The molecule has 0 aliphatic carbocycles. The number of ether oxygens (including phenoxy) is 1. The molecule has 3 N–H and O–H groups in total. The van der Waals surface area contributed by atoms with E-state index in [9.17, 15) is 14.2 Å². The molecule has 0 saturated carbocycles. The van der Waals surface area contributed by atoms with Gasteiger partial charge in [0, 0.05) is 88.4 Å². The van der Waals surface area contributed by atoms with Crippen LogP contribution < -0.4 is 30.9 Å². The van der Waals surface area contributed by atoms with Gasteiger partial charge in [-0.1, -0.05) is 48.0 Å². The molecule has 3 aliphatic heterocycles. The number of carbonyl (C=O) groups is 2. The monoisotopic (exact) mass is 799 g/mol. The lowest BCUT2D eigenvalue weighted by Gasteiger charge is -2.43. The van der Waals surface area contributed by atoms with Gasteiger partial charge in [0.25, 0.3) is 0 Å². The Morgan fingerprint density at radius 1 is 0.893 bits per heavy atom. The first kappa shape index (κ1) is 39.6. The predicted octanol–water partition coefficient (Wildman–Crippen LogP) is 6.14. The highest BCUT2D eigenvalue weighted by atomic mass is 35.5. The van der Waals surface area contributed by atoms with Crippen LogP contribution in [0.1, 0.15) is 30.4 Å². The second-order valence-electron chi connectivity index (χ2n) is 15.1. The van der Waals surface area contributed by atoms with Crippen molar-refractivity contribution >= 4 is 64.8 Å². The van der Waals surface area contributed by atoms with Crippen LogP contribution in [0.25, 0.3) is 0 Å². The van der Waals surface area contributed by atoms with Crippen molar-refractivity contribution in [2.24, 2.45) is 0 Å². The summed E-state index contributed by atoms with van der Waals surface area (Å²) in [4.78, 5) is 41.9. The Hall–Kier alpha value is -4.68. The third-order valence-corrected chi connectivity index (χ3v) is 12.7. The largest absolute Gasteiger partial charge is 0.494 e. The minimum atomic E-state index is -2.54. The SMILES string of the molecule is COc1cc(N2CCC(N3CCN(CCc4ccc(CN5CCC(=O)NC5=O)cc4)CC3)CC2)ccc1Nc1ncc(Cl)c(Nc2ccccc2P(C)(C)=O)n1. The Kier molecular flexibility index (Phi) is 12.5. The maximum atomic E-state index is 12.9. The van der Waals surface area contributed by atoms with E-state index in [-0.39, 0.29) is 11.9 Å². The van der Waals surface area contributed by atoms with Crippen LogP contribution in [0.3, 0.4) is 0 Å². The van der Waals surface area contributed by atoms with Gasteiger partial charge in [-0.3, -0.25) is 15.0 Å². The van der Waals surface area contributed by atoms with Crippen LogP contribution in [0.2, 0.25) is 5.02 Å². The van der Waals surface area contributed by atoms with E-state index in [1.54, 1.807) is 31.5 Å². The zero-order chi connectivity index (χ0) is 39.2. The lowest BCUT2D eigenvalue weighted by atomic mass is 10.0. The quantitative estimate of drug-likeness (QED) is 0.135. The number of nitrogens with zero attached hydrogens (tertiary/aromatic N) is 6. The molecular formula is C41H51ClN9O4P. The minimum Gasteiger partial charge on any atom is -0.494 e. The topological polar surface area (TPSA) is 135 Å². The van der Waals surface area contributed by atoms with Crippen LogP contribution in [-0.4, -0.2) is 115 Å². The average Bonchev–Trinajstić information content (AvgIpc) is 3.20. The summed E-state index contributed by atoms with van der Waals surface area (Å²) in [6.45, 7) is 11.8. The first-order chi connectivity index (χ1) is 27.0. The smallest absolute Gasteiger partial charge is 0.324 e. The van der Waals surface area contributed by atoms with Crippen molar-refractivity contribution in [3.63, 3.8) is 0 Å². The summed E-state index contributed by atoms with van der Waals surface area (Å²) in [5.74, 6) is 1.26.